The summed E-state index contributed by atoms with van der Waals surface area (Å²) >= 11 is 0. The van der Waals surface area contributed by atoms with Gasteiger partial charge in [-0.2, -0.15) is 0 Å². The average molecular weight is 170 g/mol. The minimum atomic E-state index is 0.355. The summed E-state index contributed by atoms with van der Waals surface area (Å²) in [5, 5.41) is 8.74. The summed E-state index contributed by atoms with van der Waals surface area (Å²) in [7, 11) is 0. The molecule has 70 valence electrons. The van der Waals surface area contributed by atoms with Crippen LogP contribution in [0.2, 0.25) is 0 Å². The van der Waals surface area contributed by atoms with Gasteiger partial charge in [0.15, 0.2) is 0 Å². The van der Waals surface area contributed by atoms with Crippen LogP contribution in [0, 0.1) is 11.8 Å². The summed E-state index contributed by atoms with van der Waals surface area (Å²) in [6.45, 7) is 1.34. The number of rotatable bonds is 3. The van der Waals surface area contributed by atoms with E-state index in [9.17, 15) is 0 Å². The Morgan fingerprint density at radius 3 is 3.08 bits per heavy atom. The Bertz CT molecular complexity index is 147. The molecule has 2 aliphatic rings. The third kappa shape index (κ3) is 1.64. The van der Waals surface area contributed by atoms with Gasteiger partial charge in [-0.1, -0.05) is 0 Å². The van der Waals surface area contributed by atoms with E-state index in [1.165, 1.54) is 25.7 Å². The van der Waals surface area contributed by atoms with Crippen LogP contribution in [0.1, 0.15) is 32.1 Å². The fraction of sp³-hybridized carbons (Fsp3) is 1.00. The van der Waals surface area contributed by atoms with Gasteiger partial charge < -0.3 is 9.84 Å². The summed E-state index contributed by atoms with van der Waals surface area (Å²) in [4.78, 5) is 0. The Morgan fingerprint density at radius 1 is 1.33 bits per heavy atom. The Morgan fingerprint density at radius 2 is 2.25 bits per heavy atom. The highest BCUT2D eigenvalue weighted by molar-refractivity contribution is 4.85. The van der Waals surface area contributed by atoms with Crippen molar-refractivity contribution < 1.29 is 9.84 Å². The van der Waals surface area contributed by atoms with Gasteiger partial charge in [0, 0.05) is 6.61 Å². The first-order valence-corrected chi connectivity index (χ1v) is 5.12. The van der Waals surface area contributed by atoms with Crippen LogP contribution in [0.4, 0.5) is 0 Å². The molecule has 0 amide bonds. The molecule has 0 spiro atoms. The third-order valence-electron chi connectivity index (χ3n) is 3.37. The largest absolute Gasteiger partial charge is 0.396 e. The molecular formula is C10H18O2. The second-order valence-electron chi connectivity index (χ2n) is 4.15. The van der Waals surface area contributed by atoms with Crippen molar-refractivity contribution in [2.24, 2.45) is 11.8 Å². The molecule has 2 fully saturated rings. The van der Waals surface area contributed by atoms with Crippen molar-refractivity contribution in [1.82, 2.24) is 0 Å². The fourth-order valence-corrected chi connectivity index (χ4v) is 2.63. The predicted molar refractivity (Wildman–Crippen MR) is 46.9 cm³/mol. The van der Waals surface area contributed by atoms with E-state index in [0.717, 1.165) is 24.9 Å². The summed E-state index contributed by atoms with van der Waals surface area (Å²) < 4.78 is 5.62. The number of hydrogen-bond donors (Lipinski definition) is 1. The molecule has 1 aliphatic carbocycles. The molecule has 2 nitrogen and oxygen atoms in total. The number of fused-ring (bicyclic) bond motifs is 2. The molecule has 2 heteroatoms. The summed E-state index contributed by atoms with van der Waals surface area (Å²) in [5.41, 5.74) is 0. The topological polar surface area (TPSA) is 29.5 Å². The molecule has 2 rings (SSSR count). The molecule has 1 N–H and O–H groups in total. The Hall–Kier alpha value is -0.0800. The number of hydrogen-bond acceptors (Lipinski definition) is 2. The minimum Gasteiger partial charge on any atom is -0.396 e. The lowest BCUT2D eigenvalue weighted by Gasteiger charge is -2.26. The van der Waals surface area contributed by atoms with Crippen LogP contribution in [0.25, 0.3) is 0 Å². The fourth-order valence-electron chi connectivity index (χ4n) is 2.63. The highest BCUT2D eigenvalue weighted by atomic mass is 16.5. The molecule has 12 heavy (non-hydrogen) atoms. The van der Waals surface area contributed by atoms with E-state index in [4.69, 9.17) is 9.84 Å². The first-order chi connectivity index (χ1) is 5.90. The highest BCUT2D eigenvalue weighted by Crippen LogP contribution is 2.39. The van der Waals surface area contributed by atoms with Gasteiger partial charge in [0.2, 0.25) is 0 Å². The molecule has 0 aromatic carbocycles. The van der Waals surface area contributed by atoms with Crippen molar-refractivity contribution in [2.75, 3.05) is 13.2 Å². The van der Waals surface area contributed by atoms with E-state index in [2.05, 4.69) is 0 Å². The number of aliphatic hydroxyl groups is 1. The predicted octanol–water partition coefficient (Wildman–Crippen LogP) is 1.57. The maximum atomic E-state index is 8.74. The first-order valence-electron chi connectivity index (χ1n) is 5.12. The Balaban J connectivity index is 1.81. The summed E-state index contributed by atoms with van der Waals surface area (Å²) in [6, 6.07) is 0. The monoisotopic (exact) mass is 170 g/mol. The van der Waals surface area contributed by atoms with E-state index in [1.807, 2.05) is 0 Å². The standard InChI is InChI=1S/C10H18O2/c11-5-1-2-8-3-4-10-6-9(8)7-12-10/h8-11H,1-7H2. The molecule has 1 heterocycles. The van der Waals surface area contributed by atoms with E-state index >= 15 is 0 Å². The van der Waals surface area contributed by atoms with Gasteiger partial charge in [-0.3, -0.25) is 0 Å². The SMILES string of the molecule is OCCCC1CCC2CC1CO2. The first kappa shape index (κ1) is 8.52. The molecule has 3 unspecified atom stereocenters. The van der Waals surface area contributed by atoms with Gasteiger partial charge in [-0.15, -0.1) is 0 Å². The van der Waals surface area contributed by atoms with E-state index in [1.54, 1.807) is 0 Å². The van der Waals surface area contributed by atoms with Gasteiger partial charge in [-0.25, -0.2) is 0 Å². The van der Waals surface area contributed by atoms with Crippen LogP contribution < -0.4 is 0 Å². The van der Waals surface area contributed by atoms with Crippen LogP contribution in [-0.4, -0.2) is 24.4 Å². The third-order valence-corrected chi connectivity index (χ3v) is 3.37. The maximum Gasteiger partial charge on any atom is 0.0579 e. The van der Waals surface area contributed by atoms with Gasteiger partial charge >= 0.3 is 0 Å². The van der Waals surface area contributed by atoms with Crippen molar-refractivity contribution in [3.05, 3.63) is 0 Å². The van der Waals surface area contributed by atoms with Crippen molar-refractivity contribution >= 4 is 0 Å². The second-order valence-corrected chi connectivity index (χ2v) is 4.15. The molecule has 0 radical (unpaired) electrons. The zero-order valence-electron chi connectivity index (χ0n) is 7.54. The van der Waals surface area contributed by atoms with E-state index in [-0.39, 0.29) is 0 Å². The Kier molecular flexibility index (Phi) is 2.66. The van der Waals surface area contributed by atoms with Crippen LogP contribution in [0.3, 0.4) is 0 Å². The summed E-state index contributed by atoms with van der Waals surface area (Å²) in [5.74, 6) is 1.66. The summed E-state index contributed by atoms with van der Waals surface area (Å²) in [6.07, 6.45) is 6.64. The van der Waals surface area contributed by atoms with Crippen LogP contribution in [-0.2, 0) is 4.74 Å². The van der Waals surface area contributed by atoms with Crippen molar-refractivity contribution in [3.8, 4) is 0 Å². The molecule has 0 aromatic heterocycles. The highest BCUT2D eigenvalue weighted by Gasteiger charge is 2.35. The van der Waals surface area contributed by atoms with Crippen LogP contribution >= 0.6 is 0 Å². The minimum absolute atomic E-state index is 0.355. The lowest BCUT2D eigenvalue weighted by Crippen LogP contribution is -2.21. The molecule has 2 bridgehead atoms. The van der Waals surface area contributed by atoms with Gasteiger partial charge in [0.25, 0.3) is 0 Å². The van der Waals surface area contributed by atoms with Crippen molar-refractivity contribution in [2.45, 2.75) is 38.2 Å². The van der Waals surface area contributed by atoms with Gasteiger partial charge in [-0.05, 0) is 43.9 Å². The number of aliphatic hydroxyl groups excluding tert-OH is 1. The lowest BCUT2D eigenvalue weighted by molar-refractivity contribution is 0.107. The quantitative estimate of drug-likeness (QED) is 0.696. The van der Waals surface area contributed by atoms with Crippen LogP contribution in [0.5, 0.6) is 0 Å². The zero-order valence-corrected chi connectivity index (χ0v) is 7.54. The van der Waals surface area contributed by atoms with E-state index < -0.39 is 0 Å². The zero-order chi connectivity index (χ0) is 8.39. The molecule has 1 saturated heterocycles. The van der Waals surface area contributed by atoms with E-state index in [0.29, 0.717) is 12.7 Å². The molecule has 0 aromatic rings. The Labute approximate surface area is 73.9 Å². The molecule has 1 aliphatic heterocycles. The van der Waals surface area contributed by atoms with Crippen LogP contribution in [0.15, 0.2) is 0 Å². The second kappa shape index (κ2) is 3.75. The van der Waals surface area contributed by atoms with Crippen molar-refractivity contribution in [1.29, 1.82) is 0 Å². The maximum absolute atomic E-state index is 8.74. The molecular weight excluding hydrogens is 152 g/mol. The lowest BCUT2D eigenvalue weighted by atomic mass is 9.78. The van der Waals surface area contributed by atoms with Crippen molar-refractivity contribution in [3.63, 3.8) is 0 Å². The average Bonchev–Trinajstić information content (AvgIpc) is 2.48. The molecule has 3 atom stereocenters. The van der Waals surface area contributed by atoms with Gasteiger partial charge in [0.1, 0.15) is 0 Å². The normalized spacial score (nSPS) is 40.2. The van der Waals surface area contributed by atoms with Gasteiger partial charge in [0.05, 0.1) is 12.7 Å². The molecule has 1 saturated carbocycles. The smallest absolute Gasteiger partial charge is 0.0579 e. The number of ether oxygens (including phenoxy) is 1.